The summed E-state index contributed by atoms with van der Waals surface area (Å²) < 4.78 is 28.4. The van der Waals surface area contributed by atoms with Crippen LogP contribution in [0.25, 0.3) is 0 Å². The molecule has 62 valence electrons. The van der Waals surface area contributed by atoms with Crippen LogP contribution in [0, 0.1) is 0 Å². The summed E-state index contributed by atoms with van der Waals surface area (Å²) in [5.41, 5.74) is 4.96. The average molecular weight is 162 g/mol. The summed E-state index contributed by atoms with van der Waals surface area (Å²) in [6, 6.07) is -0.442. The molecule has 0 fully saturated rings. The summed E-state index contributed by atoms with van der Waals surface area (Å²) in [5.74, 6) is 0.139. The van der Waals surface area contributed by atoms with Crippen LogP contribution in [0.2, 0.25) is 0 Å². The molecule has 0 saturated heterocycles. The Balaban J connectivity index is 2.82. The Morgan fingerprint density at radius 3 is 2.55 bits per heavy atom. The molecule has 0 spiro atoms. The van der Waals surface area contributed by atoms with Gasteiger partial charge in [-0.3, -0.25) is 0 Å². The van der Waals surface area contributed by atoms with Crippen LogP contribution >= 0.6 is 0 Å². The van der Waals surface area contributed by atoms with Crippen LogP contribution in [-0.4, -0.2) is 4.98 Å². The molecule has 1 heterocycles. The molecule has 2 N–H and O–H groups in total. The minimum Gasteiger partial charge on any atom is -0.447 e. The van der Waals surface area contributed by atoms with Gasteiger partial charge in [0.1, 0.15) is 12.0 Å². The standard InChI is InChI=1S/C6H8F2N2O/c1-3(9)6-10-4(2-11-6)5(7)8/h2-3,5H,9H2,1H3. The first kappa shape index (κ1) is 8.13. The van der Waals surface area contributed by atoms with Crippen molar-refractivity contribution in [3.63, 3.8) is 0 Å². The Hall–Kier alpha value is -0.970. The van der Waals surface area contributed by atoms with E-state index in [4.69, 9.17) is 5.73 Å². The van der Waals surface area contributed by atoms with E-state index >= 15 is 0 Å². The van der Waals surface area contributed by atoms with Gasteiger partial charge in [-0.15, -0.1) is 0 Å². The number of oxazole rings is 1. The molecule has 0 bridgehead atoms. The van der Waals surface area contributed by atoms with Gasteiger partial charge in [-0.25, -0.2) is 13.8 Å². The minimum absolute atomic E-state index is 0.139. The van der Waals surface area contributed by atoms with E-state index < -0.39 is 12.5 Å². The van der Waals surface area contributed by atoms with Crippen LogP contribution in [-0.2, 0) is 0 Å². The van der Waals surface area contributed by atoms with Gasteiger partial charge < -0.3 is 10.2 Å². The molecule has 1 aromatic heterocycles. The molecular weight excluding hydrogens is 154 g/mol. The lowest BCUT2D eigenvalue weighted by atomic mass is 10.4. The third-order valence-electron chi connectivity index (χ3n) is 1.15. The van der Waals surface area contributed by atoms with Crippen molar-refractivity contribution in [3.8, 4) is 0 Å². The number of rotatable bonds is 2. The van der Waals surface area contributed by atoms with E-state index in [9.17, 15) is 8.78 Å². The second kappa shape index (κ2) is 2.96. The zero-order valence-corrected chi connectivity index (χ0v) is 5.92. The van der Waals surface area contributed by atoms with Gasteiger partial charge in [0.2, 0.25) is 5.89 Å². The van der Waals surface area contributed by atoms with Crippen molar-refractivity contribution < 1.29 is 13.2 Å². The number of halogens is 2. The van der Waals surface area contributed by atoms with Crippen LogP contribution in [0.15, 0.2) is 10.7 Å². The lowest BCUT2D eigenvalue weighted by Crippen LogP contribution is -2.05. The Labute approximate surface area is 62.2 Å². The van der Waals surface area contributed by atoms with Crippen molar-refractivity contribution in [2.75, 3.05) is 0 Å². The Bertz CT molecular complexity index is 212. The maximum absolute atomic E-state index is 11.9. The van der Waals surface area contributed by atoms with Gasteiger partial charge in [0.25, 0.3) is 6.43 Å². The topological polar surface area (TPSA) is 52.0 Å². The largest absolute Gasteiger partial charge is 0.447 e. The van der Waals surface area contributed by atoms with Gasteiger partial charge in [-0.1, -0.05) is 0 Å². The Morgan fingerprint density at radius 1 is 1.64 bits per heavy atom. The normalized spacial score (nSPS) is 13.9. The van der Waals surface area contributed by atoms with Gasteiger partial charge >= 0.3 is 0 Å². The fourth-order valence-corrected chi connectivity index (χ4v) is 0.610. The van der Waals surface area contributed by atoms with Crippen molar-refractivity contribution in [2.45, 2.75) is 19.4 Å². The first-order chi connectivity index (χ1) is 5.11. The molecule has 1 aromatic rings. The molecule has 1 unspecified atom stereocenters. The Kier molecular flexibility index (Phi) is 2.19. The van der Waals surface area contributed by atoms with Crippen molar-refractivity contribution in [3.05, 3.63) is 17.8 Å². The first-order valence-corrected chi connectivity index (χ1v) is 3.10. The van der Waals surface area contributed by atoms with Gasteiger partial charge in [-0.2, -0.15) is 0 Å². The molecule has 0 saturated carbocycles. The van der Waals surface area contributed by atoms with Crippen LogP contribution in [0.4, 0.5) is 8.78 Å². The molecule has 0 radical (unpaired) electrons. The number of nitrogens with two attached hydrogens (primary N) is 1. The monoisotopic (exact) mass is 162 g/mol. The van der Waals surface area contributed by atoms with E-state index in [0.717, 1.165) is 6.26 Å². The quantitative estimate of drug-likeness (QED) is 0.719. The smallest absolute Gasteiger partial charge is 0.283 e. The number of hydrogen-bond donors (Lipinski definition) is 1. The zero-order valence-electron chi connectivity index (χ0n) is 5.92. The highest BCUT2D eigenvalue weighted by molar-refractivity contribution is 4.99. The summed E-state index contributed by atoms with van der Waals surface area (Å²) >= 11 is 0. The van der Waals surface area contributed by atoms with Crippen molar-refractivity contribution in [1.29, 1.82) is 0 Å². The molecule has 1 rings (SSSR count). The second-order valence-electron chi connectivity index (χ2n) is 2.20. The molecule has 0 amide bonds. The van der Waals surface area contributed by atoms with E-state index in [-0.39, 0.29) is 11.6 Å². The van der Waals surface area contributed by atoms with E-state index in [1.807, 2.05) is 0 Å². The molecule has 3 nitrogen and oxygen atoms in total. The highest BCUT2D eigenvalue weighted by atomic mass is 19.3. The molecule has 0 aliphatic carbocycles. The molecule has 1 atom stereocenters. The second-order valence-corrected chi connectivity index (χ2v) is 2.20. The van der Waals surface area contributed by atoms with E-state index in [1.54, 1.807) is 6.92 Å². The number of aromatic nitrogens is 1. The minimum atomic E-state index is -2.59. The number of hydrogen-bond acceptors (Lipinski definition) is 3. The third-order valence-corrected chi connectivity index (χ3v) is 1.15. The molecule has 0 aliphatic heterocycles. The SMILES string of the molecule is CC(N)c1nc(C(F)F)co1. The van der Waals surface area contributed by atoms with Crippen LogP contribution in [0.3, 0.4) is 0 Å². The van der Waals surface area contributed by atoms with E-state index in [2.05, 4.69) is 9.40 Å². The summed E-state index contributed by atoms with van der Waals surface area (Å²) in [6.45, 7) is 1.61. The fourth-order valence-electron chi connectivity index (χ4n) is 0.610. The molecular formula is C6H8F2N2O. The van der Waals surface area contributed by atoms with Gasteiger partial charge in [-0.05, 0) is 6.92 Å². The Morgan fingerprint density at radius 2 is 2.27 bits per heavy atom. The summed E-state index contributed by atoms with van der Waals surface area (Å²) in [5, 5.41) is 0. The van der Waals surface area contributed by atoms with Crippen molar-refractivity contribution >= 4 is 0 Å². The summed E-state index contributed by atoms with van der Waals surface area (Å²) in [6.07, 6.45) is -1.67. The maximum Gasteiger partial charge on any atom is 0.283 e. The zero-order chi connectivity index (χ0) is 8.43. The lowest BCUT2D eigenvalue weighted by molar-refractivity contribution is 0.146. The van der Waals surface area contributed by atoms with Crippen LogP contribution in [0.5, 0.6) is 0 Å². The lowest BCUT2D eigenvalue weighted by Gasteiger charge is -1.94. The molecule has 11 heavy (non-hydrogen) atoms. The van der Waals surface area contributed by atoms with Gasteiger partial charge in [0, 0.05) is 0 Å². The highest BCUT2D eigenvalue weighted by Gasteiger charge is 2.14. The maximum atomic E-state index is 11.9. The predicted molar refractivity (Wildman–Crippen MR) is 34.1 cm³/mol. The first-order valence-electron chi connectivity index (χ1n) is 3.10. The number of nitrogens with zero attached hydrogens (tertiary/aromatic N) is 1. The van der Waals surface area contributed by atoms with E-state index in [0.29, 0.717) is 0 Å². The van der Waals surface area contributed by atoms with Crippen molar-refractivity contribution in [1.82, 2.24) is 4.98 Å². The van der Waals surface area contributed by atoms with Crippen LogP contribution < -0.4 is 5.73 Å². The van der Waals surface area contributed by atoms with E-state index in [1.165, 1.54) is 0 Å². The summed E-state index contributed by atoms with van der Waals surface area (Å²) in [7, 11) is 0. The van der Waals surface area contributed by atoms with Gasteiger partial charge in [0.05, 0.1) is 6.04 Å². The highest BCUT2D eigenvalue weighted by Crippen LogP contribution is 2.19. The molecule has 5 heteroatoms. The average Bonchev–Trinajstić information content (AvgIpc) is 2.33. The predicted octanol–water partition coefficient (Wildman–Crippen LogP) is 1.63. The van der Waals surface area contributed by atoms with Gasteiger partial charge in [0.15, 0.2) is 0 Å². The summed E-state index contributed by atoms with van der Waals surface area (Å²) in [4.78, 5) is 3.47. The van der Waals surface area contributed by atoms with Crippen molar-refractivity contribution in [2.24, 2.45) is 5.73 Å². The third kappa shape index (κ3) is 1.74. The molecule has 0 aliphatic rings. The number of alkyl halides is 2. The van der Waals surface area contributed by atoms with Crippen LogP contribution in [0.1, 0.15) is 31.0 Å². The fraction of sp³-hybridized carbons (Fsp3) is 0.500. The molecule has 0 aromatic carbocycles.